The normalized spacial score (nSPS) is 24.3. The molecule has 1 saturated carbocycles. The molecule has 1 saturated heterocycles. The van der Waals surface area contributed by atoms with Gasteiger partial charge in [0.15, 0.2) is 5.78 Å². The number of fused-ring (bicyclic) bond motifs is 1. The fourth-order valence-electron chi connectivity index (χ4n) is 6.37. The summed E-state index contributed by atoms with van der Waals surface area (Å²) in [4.78, 5) is 42.1. The van der Waals surface area contributed by atoms with Crippen LogP contribution >= 0.6 is 0 Å². The van der Waals surface area contributed by atoms with Crippen LogP contribution in [0.3, 0.4) is 0 Å². The average molecular weight is 540 g/mol. The third-order valence-electron chi connectivity index (χ3n) is 8.64. The van der Waals surface area contributed by atoms with E-state index in [4.69, 9.17) is 4.74 Å². The molecule has 0 spiro atoms. The minimum Gasteiger partial charge on any atom is -0.444 e. The number of ketones is 1. The summed E-state index contributed by atoms with van der Waals surface area (Å²) in [6.07, 6.45) is 7.89. The molecule has 2 amide bonds. The van der Waals surface area contributed by atoms with Crippen LogP contribution in [0.4, 0.5) is 4.79 Å². The van der Waals surface area contributed by atoms with Crippen molar-refractivity contribution in [1.29, 1.82) is 0 Å². The highest BCUT2D eigenvalue weighted by Crippen LogP contribution is 2.30. The minimum absolute atomic E-state index is 0.0309. The summed E-state index contributed by atoms with van der Waals surface area (Å²) in [7, 11) is 0. The number of carbonyl (C=O) groups is 3. The summed E-state index contributed by atoms with van der Waals surface area (Å²) in [6, 6.07) is 5.91. The van der Waals surface area contributed by atoms with Crippen LogP contribution in [0.2, 0.25) is 0 Å². The van der Waals surface area contributed by atoms with Gasteiger partial charge in [0.25, 0.3) is 0 Å². The smallest absolute Gasteiger partial charge is 0.410 e. The molecule has 0 radical (unpaired) electrons. The van der Waals surface area contributed by atoms with E-state index in [1.165, 1.54) is 24.0 Å². The van der Waals surface area contributed by atoms with E-state index >= 15 is 0 Å². The van der Waals surface area contributed by atoms with Gasteiger partial charge in [-0.25, -0.2) is 4.79 Å². The lowest BCUT2D eigenvalue weighted by Gasteiger charge is -2.33. The molecule has 216 valence electrons. The lowest BCUT2D eigenvalue weighted by molar-refractivity contribution is -0.125. The Kier molecular flexibility index (Phi) is 9.73. The molecular formula is C32H49N3O4. The quantitative estimate of drug-likeness (QED) is 0.479. The topological polar surface area (TPSA) is 79.0 Å². The van der Waals surface area contributed by atoms with Crippen LogP contribution in [0.5, 0.6) is 0 Å². The molecule has 0 aromatic heterocycles. The first-order valence-corrected chi connectivity index (χ1v) is 15.2. The second-order valence-electron chi connectivity index (χ2n) is 13.3. The number of nitrogens with zero attached hydrogens (tertiary/aromatic N) is 2. The number of nitrogens with one attached hydrogen (secondary N) is 1. The molecule has 1 aliphatic carbocycles. The van der Waals surface area contributed by atoms with Crippen LogP contribution in [-0.4, -0.2) is 72.0 Å². The fourth-order valence-corrected chi connectivity index (χ4v) is 6.37. The third-order valence-corrected chi connectivity index (χ3v) is 8.64. The SMILES string of the molecule is CC(C)C(=O)c1ccc2c(c1)CCN(CC1CCC(CNC(=O)C3CCCN3C(=O)OC(C)(C)C)CC1)CC2. The molecule has 1 atom stereocenters. The zero-order chi connectivity index (χ0) is 28.2. The first-order valence-electron chi connectivity index (χ1n) is 15.2. The summed E-state index contributed by atoms with van der Waals surface area (Å²) in [5.74, 6) is 1.43. The minimum atomic E-state index is -0.561. The second-order valence-corrected chi connectivity index (χ2v) is 13.3. The van der Waals surface area contributed by atoms with Crippen molar-refractivity contribution in [2.24, 2.45) is 17.8 Å². The largest absolute Gasteiger partial charge is 0.444 e. The first kappa shape index (κ1) is 29.6. The number of rotatable bonds is 7. The van der Waals surface area contributed by atoms with E-state index in [2.05, 4.69) is 22.3 Å². The van der Waals surface area contributed by atoms with E-state index in [9.17, 15) is 14.4 Å². The fraction of sp³-hybridized carbons (Fsp3) is 0.719. The number of benzene rings is 1. The standard InChI is InChI=1S/C32H49N3O4/c1-22(2)29(36)27-13-12-25-14-17-34(18-15-26(25)19-27)21-24-10-8-23(9-11-24)20-33-30(37)28-7-6-16-35(28)31(38)39-32(3,4)5/h12-13,19,22-24,28H,6-11,14-18,20-21H2,1-5H3,(H,33,37). The Morgan fingerprint density at radius 1 is 0.949 bits per heavy atom. The van der Waals surface area contributed by atoms with Crippen LogP contribution < -0.4 is 5.32 Å². The van der Waals surface area contributed by atoms with Crippen molar-refractivity contribution in [3.05, 3.63) is 34.9 Å². The van der Waals surface area contributed by atoms with Gasteiger partial charge in [0.05, 0.1) is 0 Å². The van der Waals surface area contributed by atoms with Gasteiger partial charge in [-0.1, -0.05) is 26.0 Å². The number of likely N-dealkylation sites (tertiary alicyclic amines) is 1. The maximum atomic E-state index is 12.9. The molecule has 3 aliphatic rings. The Bertz CT molecular complexity index is 1020. The van der Waals surface area contributed by atoms with Gasteiger partial charge in [-0.05, 0) is 101 Å². The van der Waals surface area contributed by atoms with E-state index in [0.29, 0.717) is 31.3 Å². The number of carbonyl (C=O) groups excluding carboxylic acids is 3. The average Bonchev–Trinajstić information content (AvgIpc) is 3.30. The van der Waals surface area contributed by atoms with Gasteiger partial charge < -0.3 is 15.0 Å². The van der Waals surface area contributed by atoms with Gasteiger partial charge in [-0.2, -0.15) is 0 Å². The summed E-state index contributed by atoms with van der Waals surface area (Å²) in [5, 5.41) is 3.15. The number of ether oxygens (including phenoxy) is 1. The molecule has 1 unspecified atom stereocenters. The number of hydrogen-bond donors (Lipinski definition) is 1. The molecule has 7 nitrogen and oxygen atoms in total. The number of amides is 2. The summed E-state index contributed by atoms with van der Waals surface area (Å²) < 4.78 is 5.51. The van der Waals surface area contributed by atoms with Crippen LogP contribution in [0.25, 0.3) is 0 Å². The van der Waals surface area contributed by atoms with Crippen molar-refractivity contribution >= 4 is 17.8 Å². The third kappa shape index (κ3) is 8.06. The maximum Gasteiger partial charge on any atom is 0.410 e. The van der Waals surface area contributed by atoms with Gasteiger partial charge in [0, 0.05) is 44.2 Å². The molecule has 2 heterocycles. The van der Waals surface area contributed by atoms with Crippen LogP contribution in [0.15, 0.2) is 18.2 Å². The van der Waals surface area contributed by atoms with Crippen molar-refractivity contribution in [2.75, 3.05) is 32.7 Å². The highest BCUT2D eigenvalue weighted by atomic mass is 16.6. The van der Waals surface area contributed by atoms with E-state index in [-0.39, 0.29) is 23.7 Å². The highest BCUT2D eigenvalue weighted by Gasteiger charge is 2.37. The molecular weight excluding hydrogens is 490 g/mol. The zero-order valence-electron chi connectivity index (χ0n) is 24.8. The lowest BCUT2D eigenvalue weighted by atomic mass is 9.81. The Hall–Kier alpha value is -2.41. The van der Waals surface area contributed by atoms with E-state index in [0.717, 1.165) is 57.3 Å². The highest BCUT2D eigenvalue weighted by molar-refractivity contribution is 5.97. The van der Waals surface area contributed by atoms with Gasteiger partial charge in [0.1, 0.15) is 11.6 Å². The Labute approximate surface area is 235 Å². The summed E-state index contributed by atoms with van der Waals surface area (Å²) in [6.45, 7) is 14.0. The lowest BCUT2D eigenvalue weighted by Crippen LogP contribution is -2.48. The summed E-state index contributed by atoms with van der Waals surface area (Å²) in [5.41, 5.74) is 3.03. The van der Waals surface area contributed by atoms with E-state index < -0.39 is 11.6 Å². The molecule has 2 fully saturated rings. The van der Waals surface area contributed by atoms with Crippen molar-refractivity contribution in [1.82, 2.24) is 15.1 Å². The Morgan fingerprint density at radius 3 is 2.28 bits per heavy atom. The molecule has 2 aliphatic heterocycles. The van der Waals surface area contributed by atoms with E-state index in [1.54, 1.807) is 4.90 Å². The maximum absolute atomic E-state index is 12.9. The first-order chi connectivity index (χ1) is 18.5. The number of Topliss-reactive ketones (excluding diaryl/α,β-unsaturated/α-hetero) is 1. The zero-order valence-corrected chi connectivity index (χ0v) is 24.8. The Balaban J connectivity index is 1.19. The Morgan fingerprint density at radius 2 is 1.62 bits per heavy atom. The summed E-state index contributed by atoms with van der Waals surface area (Å²) >= 11 is 0. The molecule has 7 heteroatoms. The molecule has 1 aromatic carbocycles. The molecule has 1 N–H and O–H groups in total. The second kappa shape index (κ2) is 12.8. The molecule has 39 heavy (non-hydrogen) atoms. The molecule has 1 aromatic rings. The van der Waals surface area contributed by atoms with Gasteiger partial charge in [-0.15, -0.1) is 0 Å². The predicted molar refractivity (Wildman–Crippen MR) is 154 cm³/mol. The van der Waals surface area contributed by atoms with Crippen LogP contribution in [0, 0.1) is 17.8 Å². The van der Waals surface area contributed by atoms with Crippen LogP contribution in [0.1, 0.15) is 94.6 Å². The van der Waals surface area contributed by atoms with Gasteiger partial charge >= 0.3 is 6.09 Å². The van der Waals surface area contributed by atoms with Gasteiger partial charge in [0.2, 0.25) is 5.91 Å². The van der Waals surface area contributed by atoms with Gasteiger partial charge in [-0.3, -0.25) is 14.5 Å². The van der Waals surface area contributed by atoms with Crippen molar-refractivity contribution in [2.45, 2.75) is 97.6 Å². The van der Waals surface area contributed by atoms with Crippen molar-refractivity contribution in [3.8, 4) is 0 Å². The predicted octanol–water partition coefficient (Wildman–Crippen LogP) is 5.25. The van der Waals surface area contributed by atoms with Crippen molar-refractivity contribution < 1.29 is 19.1 Å². The van der Waals surface area contributed by atoms with Crippen molar-refractivity contribution in [3.63, 3.8) is 0 Å². The molecule has 0 bridgehead atoms. The van der Waals surface area contributed by atoms with Crippen LogP contribution in [-0.2, 0) is 22.4 Å². The number of hydrogen-bond acceptors (Lipinski definition) is 5. The van der Waals surface area contributed by atoms with E-state index in [1.807, 2.05) is 40.7 Å². The molecule has 4 rings (SSSR count). The monoisotopic (exact) mass is 539 g/mol.